The molecule has 0 aliphatic heterocycles. The quantitative estimate of drug-likeness (QED) is 0.799. The Balaban J connectivity index is 2.23. The summed E-state index contributed by atoms with van der Waals surface area (Å²) in [5.41, 5.74) is 0.605. The van der Waals surface area contributed by atoms with Crippen LogP contribution in [0.25, 0.3) is 0 Å². The molecule has 0 N–H and O–H groups in total. The van der Waals surface area contributed by atoms with Crippen LogP contribution in [0.3, 0.4) is 0 Å². The molecule has 0 aliphatic carbocycles. The average Bonchev–Trinajstić information content (AvgIpc) is 2.38. The highest BCUT2D eigenvalue weighted by Crippen LogP contribution is 2.29. The number of nitrogens with zero attached hydrogens (tertiary/aromatic N) is 1. The molecule has 0 spiro atoms. The van der Waals surface area contributed by atoms with E-state index in [0.29, 0.717) is 16.8 Å². The Hall–Kier alpha value is -2.17. The minimum Gasteiger partial charge on any atom is -0.294 e. The van der Waals surface area contributed by atoms with Gasteiger partial charge < -0.3 is 0 Å². The van der Waals surface area contributed by atoms with Crippen molar-refractivity contribution in [2.45, 2.75) is 19.5 Å². The van der Waals surface area contributed by atoms with Gasteiger partial charge in [-0.1, -0.05) is 18.2 Å². The number of hydrogen-bond acceptors (Lipinski definition) is 2. The van der Waals surface area contributed by atoms with Gasteiger partial charge in [-0.2, -0.15) is 13.2 Å². The first kappa shape index (κ1) is 14.2. The summed E-state index contributed by atoms with van der Waals surface area (Å²) in [7, 11) is 0. The van der Waals surface area contributed by atoms with Gasteiger partial charge in [-0.05, 0) is 30.7 Å². The van der Waals surface area contributed by atoms with Crippen LogP contribution in [0.2, 0.25) is 0 Å². The smallest absolute Gasteiger partial charge is 0.294 e. The standard InChI is InChI=1S/C15H12F3NO/c1-10-13(6-3-7-19-10)14(20)9-11-4-2-5-12(8-11)15(16,17)18/h2-8H,9H2,1H3. The van der Waals surface area contributed by atoms with Gasteiger partial charge >= 0.3 is 6.18 Å². The van der Waals surface area contributed by atoms with Gasteiger partial charge in [0, 0.05) is 23.9 Å². The van der Waals surface area contributed by atoms with Gasteiger partial charge in [0.1, 0.15) is 0 Å². The van der Waals surface area contributed by atoms with Crippen molar-refractivity contribution in [2.75, 3.05) is 0 Å². The Morgan fingerprint density at radius 3 is 2.60 bits per heavy atom. The number of Topliss-reactive ketones (excluding diaryl/α,β-unsaturated/α-hetero) is 1. The molecule has 0 amide bonds. The van der Waals surface area contributed by atoms with Crippen LogP contribution in [-0.4, -0.2) is 10.8 Å². The van der Waals surface area contributed by atoms with Crippen molar-refractivity contribution in [2.24, 2.45) is 0 Å². The van der Waals surface area contributed by atoms with Crippen LogP contribution in [-0.2, 0) is 12.6 Å². The molecule has 0 bridgehead atoms. The maximum atomic E-state index is 12.6. The average molecular weight is 279 g/mol. The number of benzene rings is 1. The van der Waals surface area contributed by atoms with Gasteiger partial charge in [0.15, 0.2) is 5.78 Å². The van der Waals surface area contributed by atoms with E-state index < -0.39 is 11.7 Å². The van der Waals surface area contributed by atoms with Crippen LogP contribution in [0.1, 0.15) is 27.2 Å². The lowest BCUT2D eigenvalue weighted by Gasteiger charge is -2.09. The number of hydrogen-bond donors (Lipinski definition) is 0. The summed E-state index contributed by atoms with van der Waals surface area (Å²) in [6, 6.07) is 8.07. The van der Waals surface area contributed by atoms with Crippen LogP contribution in [0.5, 0.6) is 0 Å². The molecule has 5 heteroatoms. The zero-order chi connectivity index (χ0) is 14.8. The van der Waals surface area contributed by atoms with E-state index in [1.165, 1.54) is 12.1 Å². The maximum Gasteiger partial charge on any atom is 0.416 e. The number of pyridine rings is 1. The van der Waals surface area contributed by atoms with Crippen LogP contribution in [0.15, 0.2) is 42.6 Å². The molecule has 0 aliphatic rings. The molecule has 0 atom stereocenters. The fraction of sp³-hybridized carbons (Fsp3) is 0.200. The van der Waals surface area contributed by atoms with Gasteiger partial charge in [-0.3, -0.25) is 9.78 Å². The Labute approximate surface area is 114 Å². The second-order valence-electron chi connectivity index (χ2n) is 4.43. The Bertz CT molecular complexity index is 635. The van der Waals surface area contributed by atoms with Crippen LogP contribution in [0.4, 0.5) is 13.2 Å². The summed E-state index contributed by atoms with van der Waals surface area (Å²) in [6.07, 6.45) is -2.91. The normalized spacial score (nSPS) is 11.4. The molecule has 2 aromatic rings. The first-order chi connectivity index (χ1) is 9.38. The van der Waals surface area contributed by atoms with E-state index >= 15 is 0 Å². The molecule has 0 saturated heterocycles. The predicted molar refractivity (Wildman–Crippen MR) is 68.5 cm³/mol. The fourth-order valence-corrected chi connectivity index (χ4v) is 1.92. The first-order valence-electron chi connectivity index (χ1n) is 5.99. The fourth-order valence-electron chi connectivity index (χ4n) is 1.92. The highest BCUT2D eigenvalue weighted by atomic mass is 19.4. The summed E-state index contributed by atoms with van der Waals surface area (Å²) in [5, 5.41) is 0. The lowest BCUT2D eigenvalue weighted by Crippen LogP contribution is -2.09. The number of rotatable bonds is 3. The number of aromatic nitrogens is 1. The third kappa shape index (κ3) is 3.23. The van der Waals surface area contributed by atoms with E-state index in [9.17, 15) is 18.0 Å². The van der Waals surface area contributed by atoms with Crippen LogP contribution >= 0.6 is 0 Å². The molecule has 1 heterocycles. The molecule has 0 radical (unpaired) electrons. The molecule has 104 valence electrons. The Kier molecular flexibility index (Phi) is 3.88. The van der Waals surface area contributed by atoms with E-state index in [4.69, 9.17) is 0 Å². The van der Waals surface area contributed by atoms with E-state index in [0.717, 1.165) is 12.1 Å². The summed E-state index contributed by atoms with van der Waals surface area (Å²) in [5.74, 6) is -0.241. The zero-order valence-electron chi connectivity index (χ0n) is 10.7. The second-order valence-corrected chi connectivity index (χ2v) is 4.43. The predicted octanol–water partition coefficient (Wildman–Crippen LogP) is 3.83. The lowest BCUT2D eigenvalue weighted by atomic mass is 10.0. The number of carbonyl (C=O) groups is 1. The Morgan fingerprint density at radius 1 is 1.20 bits per heavy atom. The third-order valence-corrected chi connectivity index (χ3v) is 2.93. The van der Waals surface area contributed by atoms with Gasteiger partial charge in [0.2, 0.25) is 0 Å². The third-order valence-electron chi connectivity index (χ3n) is 2.93. The number of carbonyl (C=O) groups excluding carboxylic acids is 1. The van der Waals surface area contributed by atoms with Crippen molar-refractivity contribution in [3.63, 3.8) is 0 Å². The van der Waals surface area contributed by atoms with Gasteiger partial charge in [0.05, 0.1) is 5.56 Å². The zero-order valence-corrected chi connectivity index (χ0v) is 10.7. The van der Waals surface area contributed by atoms with E-state index in [-0.39, 0.29) is 12.2 Å². The van der Waals surface area contributed by atoms with Crippen LogP contribution in [0, 0.1) is 6.92 Å². The van der Waals surface area contributed by atoms with Gasteiger partial charge in [0.25, 0.3) is 0 Å². The first-order valence-corrected chi connectivity index (χ1v) is 5.99. The summed E-state index contributed by atoms with van der Waals surface area (Å²) >= 11 is 0. The summed E-state index contributed by atoms with van der Waals surface area (Å²) < 4.78 is 37.8. The molecule has 0 unspecified atom stereocenters. The number of alkyl halides is 3. The number of aryl methyl sites for hydroxylation is 1. The van der Waals surface area contributed by atoms with Gasteiger partial charge in [-0.15, -0.1) is 0 Å². The topological polar surface area (TPSA) is 30.0 Å². The minimum absolute atomic E-state index is 0.0730. The number of ketones is 1. The molecule has 2 nitrogen and oxygen atoms in total. The van der Waals surface area contributed by atoms with Gasteiger partial charge in [-0.25, -0.2) is 0 Å². The SMILES string of the molecule is Cc1ncccc1C(=O)Cc1cccc(C(F)(F)F)c1. The highest BCUT2D eigenvalue weighted by Gasteiger charge is 2.30. The van der Waals surface area contributed by atoms with Crippen molar-refractivity contribution in [1.82, 2.24) is 4.98 Å². The molecule has 1 aromatic heterocycles. The monoisotopic (exact) mass is 279 g/mol. The van der Waals surface area contributed by atoms with E-state index in [1.54, 1.807) is 25.3 Å². The Morgan fingerprint density at radius 2 is 1.95 bits per heavy atom. The summed E-state index contributed by atoms with van der Waals surface area (Å²) in [4.78, 5) is 16.1. The van der Waals surface area contributed by atoms with Crippen molar-refractivity contribution in [1.29, 1.82) is 0 Å². The largest absolute Gasteiger partial charge is 0.416 e. The molecule has 1 aromatic carbocycles. The van der Waals surface area contributed by atoms with Crippen molar-refractivity contribution >= 4 is 5.78 Å². The molecular weight excluding hydrogens is 267 g/mol. The molecule has 0 saturated carbocycles. The number of halogens is 3. The van der Waals surface area contributed by atoms with Crippen molar-refractivity contribution in [3.8, 4) is 0 Å². The van der Waals surface area contributed by atoms with E-state index in [2.05, 4.69) is 4.98 Å². The molecule has 20 heavy (non-hydrogen) atoms. The summed E-state index contributed by atoms with van der Waals surface area (Å²) in [6.45, 7) is 1.69. The molecule has 0 fully saturated rings. The van der Waals surface area contributed by atoms with Crippen molar-refractivity contribution in [3.05, 3.63) is 65.0 Å². The highest BCUT2D eigenvalue weighted by molar-refractivity contribution is 5.98. The van der Waals surface area contributed by atoms with Crippen molar-refractivity contribution < 1.29 is 18.0 Å². The van der Waals surface area contributed by atoms with Crippen LogP contribution < -0.4 is 0 Å². The minimum atomic E-state index is -4.40. The maximum absolute atomic E-state index is 12.6. The molecule has 2 rings (SSSR count). The molecular formula is C15H12F3NO. The second kappa shape index (κ2) is 5.45. The lowest BCUT2D eigenvalue weighted by molar-refractivity contribution is -0.137. The van der Waals surface area contributed by atoms with E-state index in [1.807, 2.05) is 0 Å².